The van der Waals surface area contributed by atoms with Crippen LogP contribution in [0.4, 0.5) is 14.5 Å². The van der Waals surface area contributed by atoms with Gasteiger partial charge in [-0.05, 0) is 0 Å². The summed E-state index contributed by atoms with van der Waals surface area (Å²) in [6.45, 7) is -0.755. The molecule has 0 bridgehead atoms. The summed E-state index contributed by atoms with van der Waals surface area (Å²) in [6.07, 6.45) is 0. The fraction of sp³-hybridized carbons (Fsp3) is 0.222. The van der Waals surface area contributed by atoms with E-state index in [1.807, 2.05) is 0 Å². The number of carbonyl (C=O) groups excluding carboxylic acids is 1. The van der Waals surface area contributed by atoms with Crippen molar-refractivity contribution in [3.8, 4) is 5.75 Å². The molecule has 0 heterocycles. The Balaban J connectivity index is 2.98. The average molecular weight is 217 g/mol. The monoisotopic (exact) mass is 217 g/mol. The number of aliphatic hydroxyl groups is 1. The summed E-state index contributed by atoms with van der Waals surface area (Å²) in [6, 6.07) is 1.80. The maximum absolute atomic E-state index is 13.1. The first-order valence-corrected chi connectivity index (χ1v) is 4.02. The van der Waals surface area contributed by atoms with Gasteiger partial charge < -0.3 is 15.2 Å². The van der Waals surface area contributed by atoms with Gasteiger partial charge in [-0.2, -0.15) is 0 Å². The predicted molar refractivity (Wildman–Crippen MR) is 48.6 cm³/mol. The lowest BCUT2D eigenvalue weighted by molar-refractivity contribution is -0.118. The summed E-state index contributed by atoms with van der Waals surface area (Å²) < 4.78 is 30.6. The van der Waals surface area contributed by atoms with Crippen molar-refractivity contribution in [3.63, 3.8) is 0 Å². The van der Waals surface area contributed by atoms with Crippen LogP contribution in [0.25, 0.3) is 0 Å². The zero-order valence-electron chi connectivity index (χ0n) is 7.88. The fourth-order valence-electron chi connectivity index (χ4n) is 1.03. The van der Waals surface area contributed by atoms with Gasteiger partial charge in [-0.25, -0.2) is 8.78 Å². The van der Waals surface area contributed by atoms with Crippen molar-refractivity contribution >= 4 is 11.6 Å². The van der Waals surface area contributed by atoms with E-state index in [2.05, 4.69) is 10.1 Å². The summed E-state index contributed by atoms with van der Waals surface area (Å²) in [5, 5.41) is 10.5. The molecule has 0 spiro atoms. The van der Waals surface area contributed by atoms with Crippen LogP contribution in [0.3, 0.4) is 0 Å². The van der Waals surface area contributed by atoms with Crippen LogP contribution in [0, 0.1) is 11.6 Å². The second kappa shape index (κ2) is 4.70. The van der Waals surface area contributed by atoms with Gasteiger partial charge >= 0.3 is 0 Å². The van der Waals surface area contributed by atoms with Crippen molar-refractivity contribution < 1.29 is 23.4 Å². The molecular formula is C9H9F2NO3. The highest BCUT2D eigenvalue weighted by Crippen LogP contribution is 2.25. The summed E-state index contributed by atoms with van der Waals surface area (Å²) in [7, 11) is 1.13. The van der Waals surface area contributed by atoms with Gasteiger partial charge in [0.1, 0.15) is 6.61 Å². The minimum Gasteiger partial charge on any atom is -0.491 e. The third-order valence-corrected chi connectivity index (χ3v) is 1.63. The van der Waals surface area contributed by atoms with E-state index < -0.39 is 29.9 Å². The molecule has 0 aliphatic carbocycles. The van der Waals surface area contributed by atoms with Crippen molar-refractivity contribution in [1.29, 1.82) is 0 Å². The Morgan fingerprint density at radius 3 is 2.40 bits per heavy atom. The number of carbonyl (C=O) groups is 1. The number of hydrogen-bond donors (Lipinski definition) is 2. The van der Waals surface area contributed by atoms with E-state index in [0.717, 1.165) is 19.2 Å². The van der Waals surface area contributed by atoms with Gasteiger partial charge in [0.05, 0.1) is 7.11 Å². The number of amides is 1. The van der Waals surface area contributed by atoms with Gasteiger partial charge in [0, 0.05) is 17.8 Å². The molecule has 0 aliphatic rings. The molecular weight excluding hydrogens is 208 g/mol. The highest BCUT2D eigenvalue weighted by molar-refractivity contribution is 5.91. The van der Waals surface area contributed by atoms with Crippen LogP contribution in [-0.4, -0.2) is 24.7 Å². The SMILES string of the molecule is COc1c(F)cc(NC(=O)CO)cc1F. The van der Waals surface area contributed by atoms with E-state index in [1.54, 1.807) is 0 Å². The number of rotatable bonds is 3. The molecule has 1 aromatic carbocycles. The molecule has 0 fully saturated rings. The van der Waals surface area contributed by atoms with Crippen molar-refractivity contribution in [1.82, 2.24) is 0 Å². The Morgan fingerprint density at radius 2 is 2.00 bits per heavy atom. The van der Waals surface area contributed by atoms with E-state index in [1.165, 1.54) is 0 Å². The first kappa shape index (κ1) is 11.4. The molecule has 0 atom stereocenters. The Labute approximate surface area is 84.5 Å². The molecule has 15 heavy (non-hydrogen) atoms. The number of halogens is 2. The van der Waals surface area contributed by atoms with E-state index in [-0.39, 0.29) is 5.69 Å². The number of ether oxygens (including phenoxy) is 1. The van der Waals surface area contributed by atoms with Crippen molar-refractivity contribution in [2.75, 3.05) is 19.0 Å². The smallest absolute Gasteiger partial charge is 0.250 e. The third-order valence-electron chi connectivity index (χ3n) is 1.63. The maximum atomic E-state index is 13.1. The summed E-state index contributed by atoms with van der Waals surface area (Å²) in [5.74, 6) is -3.12. The first-order chi connectivity index (χ1) is 7.08. The van der Waals surface area contributed by atoms with Gasteiger partial charge in [-0.1, -0.05) is 0 Å². The second-order valence-electron chi connectivity index (χ2n) is 2.68. The number of hydrogen-bond acceptors (Lipinski definition) is 3. The van der Waals surface area contributed by atoms with Gasteiger partial charge in [0.15, 0.2) is 17.4 Å². The summed E-state index contributed by atoms with van der Waals surface area (Å²) in [4.78, 5) is 10.7. The molecule has 0 saturated carbocycles. The van der Waals surface area contributed by atoms with Crippen molar-refractivity contribution in [2.24, 2.45) is 0 Å². The second-order valence-corrected chi connectivity index (χ2v) is 2.68. The molecule has 0 saturated heterocycles. The molecule has 1 aromatic rings. The standard InChI is InChI=1S/C9H9F2NO3/c1-15-9-6(10)2-5(3-7(9)11)12-8(14)4-13/h2-3,13H,4H2,1H3,(H,12,14). The van der Waals surface area contributed by atoms with E-state index >= 15 is 0 Å². The Kier molecular flexibility index (Phi) is 3.56. The van der Waals surface area contributed by atoms with Crippen molar-refractivity contribution in [3.05, 3.63) is 23.8 Å². The lowest BCUT2D eigenvalue weighted by Crippen LogP contribution is -2.15. The Morgan fingerprint density at radius 1 is 1.47 bits per heavy atom. The van der Waals surface area contributed by atoms with E-state index in [4.69, 9.17) is 5.11 Å². The normalized spacial score (nSPS) is 9.87. The lowest BCUT2D eigenvalue weighted by Gasteiger charge is -2.07. The van der Waals surface area contributed by atoms with Crippen LogP contribution >= 0.6 is 0 Å². The number of aliphatic hydroxyl groups excluding tert-OH is 1. The largest absolute Gasteiger partial charge is 0.491 e. The number of methoxy groups -OCH3 is 1. The lowest BCUT2D eigenvalue weighted by atomic mass is 10.2. The van der Waals surface area contributed by atoms with Gasteiger partial charge in [0.25, 0.3) is 0 Å². The molecule has 82 valence electrons. The molecule has 1 amide bonds. The molecule has 1 rings (SSSR count). The van der Waals surface area contributed by atoms with Crippen molar-refractivity contribution in [2.45, 2.75) is 0 Å². The van der Waals surface area contributed by atoms with Gasteiger partial charge in [0.2, 0.25) is 5.91 Å². The van der Waals surface area contributed by atoms with Crippen LogP contribution in [0.2, 0.25) is 0 Å². The third kappa shape index (κ3) is 2.63. The Bertz CT molecular complexity index is 359. The molecule has 2 N–H and O–H groups in total. The molecule has 6 heteroatoms. The first-order valence-electron chi connectivity index (χ1n) is 4.02. The molecule has 0 unspecified atom stereocenters. The van der Waals surface area contributed by atoms with Crippen LogP contribution < -0.4 is 10.1 Å². The summed E-state index contributed by atoms with van der Waals surface area (Å²) >= 11 is 0. The van der Waals surface area contributed by atoms with Crippen LogP contribution in [0.15, 0.2) is 12.1 Å². The highest BCUT2D eigenvalue weighted by atomic mass is 19.1. The summed E-state index contributed by atoms with van der Waals surface area (Å²) in [5.41, 5.74) is -0.0788. The molecule has 0 aliphatic heterocycles. The average Bonchev–Trinajstić information content (AvgIpc) is 2.17. The predicted octanol–water partition coefficient (Wildman–Crippen LogP) is 0.904. The van der Waals surface area contributed by atoms with Gasteiger partial charge in [-0.3, -0.25) is 4.79 Å². The minimum absolute atomic E-state index is 0.0788. The van der Waals surface area contributed by atoms with Crippen LogP contribution in [0.5, 0.6) is 5.75 Å². The highest BCUT2D eigenvalue weighted by Gasteiger charge is 2.12. The van der Waals surface area contributed by atoms with Gasteiger partial charge in [-0.15, -0.1) is 0 Å². The molecule has 0 aromatic heterocycles. The quantitative estimate of drug-likeness (QED) is 0.790. The number of benzene rings is 1. The zero-order chi connectivity index (χ0) is 11.4. The van der Waals surface area contributed by atoms with Crippen LogP contribution in [-0.2, 0) is 4.79 Å². The fourth-order valence-corrected chi connectivity index (χ4v) is 1.03. The van der Waals surface area contributed by atoms with E-state index in [0.29, 0.717) is 0 Å². The maximum Gasteiger partial charge on any atom is 0.250 e. The van der Waals surface area contributed by atoms with Crippen LogP contribution in [0.1, 0.15) is 0 Å². The minimum atomic E-state index is -0.925. The molecule has 0 radical (unpaired) electrons. The zero-order valence-corrected chi connectivity index (χ0v) is 7.88. The Hall–Kier alpha value is -1.69. The topological polar surface area (TPSA) is 58.6 Å². The van der Waals surface area contributed by atoms with E-state index in [9.17, 15) is 13.6 Å². The number of anilines is 1. The molecule has 4 nitrogen and oxygen atoms in total. The number of nitrogens with one attached hydrogen (secondary N) is 1.